The Morgan fingerprint density at radius 3 is 2.56 bits per heavy atom. The van der Waals surface area contributed by atoms with E-state index in [1.165, 1.54) is 43.6 Å². The van der Waals surface area contributed by atoms with Gasteiger partial charge in [-0.25, -0.2) is 0 Å². The van der Waals surface area contributed by atoms with E-state index in [2.05, 4.69) is 55.1 Å². The predicted molar refractivity (Wildman–Crippen MR) is 76.9 cm³/mol. The van der Waals surface area contributed by atoms with Gasteiger partial charge in [0, 0.05) is 12.6 Å². The molecule has 2 nitrogen and oxygen atoms in total. The monoisotopic (exact) mass is 245 g/mol. The van der Waals surface area contributed by atoms with Crippen molar-refractivity contribution in [1.29, 1.82) is 0 Å². The Labute approximate surface area is 112 Å². The van der Waals surface area contributed by atoms with Gasteiger partial charge in [-0.1, -0.05) is 18.2 Å². The van der Waals surface area contributed by atoms with Gasteiger partial charge in [0.2, 0.25) is 0 Å². The van der Waals surface area contributed by atoms with Crippen molar-refractivity contribution >= 4 is 0 Å². The van der Waals surface area contributed by atoms with E-state index in [4.69, 9.17) is 0 Å². The van der Waals surface area contributed by atoms with Crippen molar-refractivity contribution in [2.45, 2.75) is 32.2 Å². The van der Waals surface area contributed by atoms with E-state index in [-0.39, 0.29) is 0 Å². The molecule has 1 aromatic carbocycles. The molecular weight excluding hydrogens is 220 g/mol. The number of aryl methyl sites for hydroxylation is 1. The lowest BCUT2D eigenvalue weighted by Gasteiger charge is -2.35. The fourth-order valence-electron chi connectivity index (χ4n) is 2.64. The largest absolute Gasteiger partial charge is 0.306 e. The maximum atomic E-state index is 3.28. The van der Waals surface area contributed by atoms with Crippen LogP contribution in [0.4, 0.5) is 0 Å². The molecule has 0 aliphatic carbocycles. The Kier molecular flexibility index (Phi) is 4.79. The summed E-state index contributed by atoms with van der Waals surface area (Å²) in [5, 5.41) is 0. The van der Waals surface area contributed by atoms with Gasteiger partial charge in [0.1, 0.15) is 0 Å². The van der Waals surface area contributed by atoms with Crippen LogP contribution in [0.15, 0.2) is 18.2 Å². The first-order valence-electron chi connectivity index (χ1n) is 7.01. The van der Waals surface area contributed by atoms with Crippen molar-refractivity contribution in [3.63, 3.8) is 0 Å². The van der Waals surface area contributed by atoms with Gasteiger partial charge in [-0.15, -0.1) is 0 Å². The molecule has 0 bridgehead atoms. The zero-order valence-corrected chi connectivity index (χ0v) is 11.9. The molecule has 0 amide bonds. The zero-order chi connectivity index (χ0) is 13.0. The summed E-state index contributed by atoms with van der Waals surface area (Å²) >= 11 is 0. The second kappa shape index (κ2) is 6.35. The van der Waals surface area contributed by atoms with Gasteiger partial charge in [-0.3, -0.25) is 0 Å². The minimum atomic E-state index is 0.786. The Bertz CT molecular complexity index is 348. The molecular formula is C16H25N2. The second-order valence-electron chi connectivity index (χ2n) is 5.67. The maximum Gasteiger partial charge on any atom is 0.0113 e. The summed E-state index contributed by atoms with van der Waals surface area (Å²) in [4.78, 5) is 4.96. The molecule has 2 rings (SSSR count). The Hall–Kier alpha value is -0.860. The van der Waals surface area contributed by atoms with Gasteiger partial charge >= 0.3 is 0 Å². The Morgan fingerprint density at radius 1 is 1.28 bits per heavy atom. The molecule has 0 spiro atoms. The summed E-state index contributed by atoms with van der Waals surface area (Å²) in [5.41, 5.74) is 2.64. The lowest BCUT2D eigenvalue weighted by Crippen LogP contribution is -2.42. The summed E-state index contributed by atoms with van der Waals surface area (Å²) < 4.78 is 0. The van der Waals surface area contributed by atoms with Crippen molar-refractivity contribution in [3.8, 4) is 0 Å². The van der Waals surface area contributed by atoms with E-state index < -0.39 is 0 Å². The molecule has 2 heteroatoms. The molecule has 1 aromatic rings. The van der Waals surface area contributed by atoms with Crippen LogP contribution in [0.2, 0.25) is 0 Å². The quantitative estimate of drug-likeness (QED) is 0.803. The molecule has 0 aromatic heterocycles. The van der Waals surface area contributed by atoms with Gasteiger partial charge in [0.15, 0.2) is 0 Å². The number of nitrogens with zero attached hydrogens (tertiary/aromatic N) is 2. The highest BCUT2D eigenvalue weighted by Gasteiger charge is 2.19. The van der Waals surface area contributed by atoms with Gasteiger partial charge in [-0.2, -0.15) is 0 Å². The molecule has 1 fully saturated rings. The van der Waals surface area contributed by atoms with Crippen molar-refractivity contribution in [3.05, 3.63) is 35.4 Å². The molecule has 1 aliphatic rings. The average molecular weight is 245 g/mol. The summed E-state index contributed by atoms with van der Waals surface area (Å²) in [6, 6.07) is 10.6. The van der Waals surface area contributed by atoms with Gasteiger partial charge in [0.25, 0.3) is 0 Å². The first kappa shape index (κ1) is 13.6. The normalized spacial score (nSPS) is 18.4. The third kappa shape index (κ3) is 3.82. The fourth-order valence-corrected chi connectivity index (χ4v) is 2.64. The highest BCUT2D eigenvalue weighted by Crippen LogP contribution is 2.14. The van der Waals surface area contributed by atoms with Crippen LogP contribution in [0.1, 0.15) is 24.0 Å². The first-order chi connectivity index (χ1) is 8.65. The molecule has 0 unspecified atom stereocenters. The molecule has 1 aliphatic heterocycles. The topological polar surface area (TPSA) is 6.48 Å². The fraction of sp³-hybridized carbons (Fsp3) is 0.625. The SMILES string of the molecule is Cc1[c]cc(CCN2CCC(N(C)C)CC2)cc1. The molecule has 0 N–H and O–H groups in total. The van der Waals surface area contributed by atoms with Crippen LogP contribution in [-0.2, 0) is 6.42 Å². The lowest BCUT2D eigenvalue weighted by atomic mass is 10.0. The molecule has 18 heavy (non-hydrogen) atoms. The van der Waals surface area contributed by atoms with Gasteiger partial charge in [0.05, 0.1) is 0 Å². The average Bonchev–Trinajstić information content (AvgIpc) is 2.38. The molecule has 0 saturated carbocycles. The van der Waals surface area contributed by atoms with Crippen LogP contribution in [0.25, 0.3) is 0 Å². The summed E-state index contributed by atoms with van der Waals surface area (Å²) in [7, 11) is 4.39. The van der Waals surface area contributed by atoms with Crippen LogP contribution in [-0.4, -0.2) is 49.6 Å². The predicted octanol–water partition coefficient (Wildman–Crippen LogP) is 2.36. The number of hydrogen-bond donors (Lipinski definition) is 0. The Balaban J connectivity index is 1.74. The van der Waals surface area contributed by atoms with Crippen LogP contribution in [0, 0.1) is 13.0 Å². The number of benzene rings is 1. The van der Waals surface area contributed by atoms with E-state index in [0.717, 1.165) is 12.5 Å². The van der Waals surface area contributed by atoms with Crippen LogP contribution in [0.5, 0.6) is 0 Å². The van der Waals surface area contributed by atoms with Crippen molar-refractivity contribution in [2.24, 2.45) is 0 Å². The summed E-state index contributed by atoms with van der Waals surface area (Å²) in [6.45, 7) is 5.78. The van der Waals surface area contributed by atoms with E-state index in [9.17, 15) is 0 Å². The van der Waals surface area contributed by atoms with Gasteiger partial charge < -0.3 is 9.80 Å². The molecule has 0 atom stereocenters. The van der Waals surface area contributed by atoms with Crippen molar-refractivity contribution in [2.75, 3.05) is 33.7 Å². The Morgan fingerprint density at radius 2 is 2.00 bits per heavy atom. The standard InChI is InChI=1S/C16H25N2/c1-14-4-6-15(7-5-14)8-11-18-12-9-16(10-13-18)17(2)3/h4,6-7,16H,8-13H2,1-3H3. The third-order valence-corrected chi connectivity index (χ3v) is 4.04. The smallest absolute Gasteiger partial charge is 0.0113 e. The van der Waals surface area contributed by atoms with E-state index in [1.54, 1.807) is 0 Å². The minimum Gasteiger partial charge on any atom is -0.306 e. The minimum absolute atomic E-state index is 0.786. The third-order valence-electron chi connectivity index (χ3n) is 4.04. The van der Waals surface area contributed by atoms with E-state index >= 15 is 0 Å². The van der Waals surface area contributed by atoms with Crippen molar-refractivity contribution < 1.29 is 0 Å². The van der Waals surface area contributed by atoms with Crippen LogP contribution < -0.4 is 0 Å². The number of hydrogen-bond acceptors (Lipinski definition) is 2. The summed E-state index contributed by atoms with van der Waals surface area (Å²) in [5.74, 6) is 0. The molecule has 99 valence electrons. The number of piperidine rings is 1. The second-order valence-corrected chi connectivity index (χ2v) is 5.67. The van der Waals surface area contributed by atoms with E-state index in [0.29, 0.717) is 0 Å². The van der Waals surface area contributed by atoms with Gasteiger partial charge in [-0.05, 0) is 70.6 Å². The molecule has 1 heterocycles. The maximum absolute atomic E-state index is 3.28. The summed E-state index contributed by atoms with van der Waals surface area (Å²) in [6.07, 6.45) is 3.78. The highest BCUT2D eigenvalue weighted by molar-refractivity contribution is 5.20. The highest BCUT2D eigenvalue weighted by atomic mass is 15.2. The van der Waals surface area contributed by atoms with Crippen LogP contribution in [0.3, 0.4) is 0 Å². The number of likely N-dealkylation sites (tertiary alicyclic amines) is 1. The lowest BCUT2D eigenvalue weighted by molar-refractivity contribution is 0.146. The number of rotatable bonds is 4. The van der Waals surface area contributed by atoms with Crippen LogP contribution >= 0.6 is 0 Å². The van der Waals surface area contributed by atoms with E-state index in [1.807, 2.05) is 0 Å². The first-order valence-corrected chi connectivity index (χ1v) is 7.01. The zero-order valence-electron chi connectivity index (χ0n) is 11.9. The molecule has 1 radical (unpaired) electrons. The molecule has 1 saturated heterocycles. The van der Waals surface area contributed by atoms with Crippen molar-refractivity contribution in [1.82, 2.24) is 9.80 Å².